The predicted molar refractivity (Wildman–Crippen MR) is 111 cm³/mol. The number of carbonyl (C=O) groups is 1. The number of carbonyl (C=O) groups excluding carboxylic acids is 1. The van der Waals surface area contributed by atoms with E-state index in [1.807, 2.05) is 73.7 Å². The summed E-state index contributed by atoms with van der Waals surface area (Å²) < 4.78 is 0. The van der Waals surface area contributed by atoms with Gasteiger partial charge in [0, 0.05) is 36.9 Å². The molecule has 144 valence electrons. The molecule has 0 spiro atoms. The third-order valence-corrected chi connectivity index (χ3v) is 5.52. The molecule has 3 aromatic rings. The Morgan fingerprint density at radius 1 is 1.14 bits per heavy atom. The number of para-hydroxylation sites is 1. The maximum atomic E-state index is 12.9. The molecule has 1 atom stereocenters. The molecule has 0 saturated heterocycles. The minimum Gasteiger partial charge on any atom is -0.393 e. The van der Waals surface area contributed by atoms with Gasteiger partial charge in [-0.2, -0.15) is 0 Å². The predicted octanol–water partition coefficient (Wildman–Crippen LogP) is 3.54. The topological polar surface area (TPSA) is 65.5 Å². The molecule has 1 heterocycles. The zero-order valence-electron chi connectivity index (χ0n) is 16.2. The lowest BCUT2D eigenvalue weighted by Crippen LogP contribution is -2.41. The van der Waals surface area contributed by atoms with Gasteiger partial charge in [0.1, 0.15) is 0 Å². The van der Waals surface area contributed by atoms with Crippen molar-refractivity contribution in [2.24, 2.45) is 5.92 Å². The number of hydrogen-bond acceptors (Lipinski definition) is 4. The van der Waals surface area contributed by atoms with Gasteiger partial charge in [-0.15, -0.1) is 0 Å². The van der Waals surface area contributed by atoms with Gasteiger partial charge in [-0.3, -0.25) is 9.78 Å². The minimum atomic E-state index is -0.280. The van der Waals surface area contributed by atoms with Crippen LogP contribution in [-0.2, 0) is 0 Å². The molecule has 1 aliphatic carbocycles. The monoisotopic (exact) mass is 375 g/mol. The number of pyridine rings is 1. The molecule has 4 rings (SSSR count). The highest BCUT2D eigenvalue weighted by Gasteiger charge is 2.36. The highest BCUT2D eigenvalue weighted by atomic mass is 16.3. The van der Waals surface area contributed by atoms with Gasteiger partial charge in [-0.05, 0) is 60.7 Å². The van der Waals surface area contributed by atoms with E-state index in [-0.39, 0.29) is 24.0 Å². The number of aliphatic hydroxyl groups excluding tert-OH is 1. The van der Waals surface area contributed by atoms with Crippen LogP contribution in [0.15, 0.2) is 60.8 Å². The normalized spacial score (nSPS) is 19.7. The number of aliphatic hydroxyl groups is 1. The number of amides is 1. The summed E-state index contributed by atoms with van der Waals surface area (Å²) in [7, 11) is 3.94. The summed E-state index contributed by atoms with van der Waals surface area (Å²) in [5, 5.41) is 14.0. The summed E-state index contributed by atoms with van der Waals surface area (Å²) in [5.74, 6) is 0.104. The lowest BCUT2D eigenvalue weighted by molar-refractivity contribution is 0.0235. The Balaban J connectivity index is 1.59. The van der Waals surface area contributed by atoms with Crippen molar-refractivity contribution in [3.05, 3.63) is 71.9 Å². The lowest BCUT2D eigenvalue weighted by atomic mass is 9.75. The van der Waals surface area contributed by atoms with Crippen LogP contribution in [0.1, 0.15) is 34.8 Å². The SMILES string of the molecule is CN(C)c1ccc(C(=O)NC(c2cnc3ccccc3c2)C2CC(O)C2)cc1. The smallest absolute Gasteiger partial charge is 0.251 e. The average Bonchev–Trinajstić information content (AvgIpc) is 2.69. The average molecular weight is 375 g/mol. The number of benzene rings is 2. The van der Waals surface area contributed by atoms with Gasteiger partial charge in [0.25, 0.3) is 5.91 Å². The number of rotatable bonds is 5. The fraction of sp³-hybridized carbons (Fsp3) is 0.304. The van der Waals surface area contributed by atoms with Crippen molar-refractivity contribution in [2.45, 2.75) is 25.0 Å². The molecule has 2 N–H and O–H groups in total. The first kappa shape index (κ1) is 18.4. The molecule has 1 aromatic heterocycles. The number of fused-ring (bicyclic) bond motifs is 1. The van der Waals surface area contributed by atoms with Crippen LogP contribution < -0.4 is 10.2 Å². The van der Waals surface area contributed by atoms with Crippen molar-refractivity contribution in [3.63, 3.8) is 0 Å². The van der Waals surface area contributed by atoms with Gasteiger partial charge in [-0.25, -0.2) is 0 Å². The van der Waals surface area contributed by atoms with E-state index in [0.29, 0.717) is 18.4 Å². The lowest BCUT2D eigenvalue weighted by Gasteiger charge is -2.38. The first-order chi connectivity index (χ1) is 13.5. The van der Waals surface area contributed by atoms with Crippen molar-refractivity contribution < 1.29 is 9.90 Å². The molecule has 5 nitrogen and oxygen atoms in total. The van der Waals surface area contributed by atoms with E-state index in [2.05, 4.69) is 16.4 Å². The molecule has 1 aliphatic rings. The van der Waals surface area contributed by atoms with Gasteiger partial charge in [0.15, 0.2) is 0 Å². The van der Waals surface area contributed by atoms with Gasteiger partial charge in [0.05, 0.1) is 17.7 Å². The Morgan fingerprint density at radius 3 is 2.54 bits per heavy atom. The number of nitrogens with zero attached hydrogens (tertiary/aromatic N) is 2. The van der Waals surface area contributed by atoms with Crippen LogP contribution in [0.4, 0.5) is 5.69 Å². The molecule has 0 radical (unpaired) electrons. The summed E-state index contributed by atoms with van der Waals surface area (Å²) >= 11 is 0. The van der Waals surface area contributed by atoms with Crippen LogP contribution >= 0.6 is 0 Å². The first-order valence-corrected chi connectivity index (χ1v) is 9.62. The van der Waals surface area contributed by atoms with E-state index >= 15 is 0 Å². The number of hydrogen-bond donors (Lipinski definition) is 2. The third kappa shape index (κ3) is 3.71. The molecule has 1 amide bonds. The maximum Gasteiger partial charge on any atom is 0.251 e. The van der Waals surface area contributed by atoms with Crippen molar-refractivity contribution in [3.8, 4) is 0 Å². The molecule has 1 saturated carbocycles. The molecule has 1 unspecified atom stereocenters. The molecular weight excluding hydrogens is 350 g/mol. The first-order valence-electron chi connectivity index (χ1n) is 9.62. The van der Waals surface area contributed by atoms with Crippen LogP contribution in [0.5, 0.6) is 0 Å². The Bertz CT molecular complexity index is 979. The van der Waals surface area contributed by atoms with E-state index in [4.69, 9.17) is 0 Å². The second-order valence-corrected chi connectivity index (χ2v) is 7.74. The second-order valence-electron chi connectivity index (χ2n) is 7.74. The summed E-state index contributed by atoms with van der Waals surface area (Å²) in [6, 6.07) is 17.4. The van der Waals surface area contributed by atoms with Gasteiger partial charge >= 0.3 is 0 Å². The van der Waals surface area contributed by atoms with Gasteiger partial charge in [0.2, 0.25) is 0 Å². The zero-order chi connectivity index (χ0) is 19.7. The number of anilines is 1. The molecule has 2 aromatic carbocycles. The second kappa shape index (κ2) is 7.60. The Kier molecular flexibility index (Phi) is 5.01. The number of aromatic nitrogens is 1. The van der Waals surface area contributed by atoms with Crippen LogP contribution in [0.3, 0.4) is 0 Å². The Labute approximate surface area is 165 Å². The molecule has 1 fully saturated rings. The van der Waals surface area contributed by atoms with Crippen LogP contribution in [0, 0.1) is 5.92 Å². The summed E-state index contributed by atoms with van der Waals surface area (Å²) in [5.41, 5.74) is 3.59. The van der Waals surface area contributed by atoms with Crippen molar-refractivity contribution >= 4 is 22.5 Å². The molecule has 0 aliphatic heterocycles. The van der Waals surface area contributed by atoms with Gasteiger partial charge in [-0.1, -0.05) is 18.2 Å². The van der Waals surface area contributed by atoms with Crippen LogP contribution in [-0.4, -0.2) is 36.2 Å². The van der Waals surface area contributed by atoms with E-state index < -0.39 is 0 Å². The summed E-state index contributed by atoms with van der Waals surface area (Å²) in [6.07, 6.45) is 2.94. The van der Waals surface area contributed by atoms with Crippen LogP contribution in [0.2, 0.25) is 0 Å². The maximum absolute atomic E-state index is 12.9. The third-order valence-electron chi connectivity index (χ3n) is 5.52. The van der Waals surface area contributed by atoms with Gasteiger partial charge < -0.3 is 15.3 Å². The fourth-order valence-electron chi connectivity index (χ4n) is 3.77. The quantitative estimate of drug-likeness (QED) is 0.716. The van der Waals surface area contributed by atoms with E-state index in [1.165, 1.54) is 0 Å². The van der Waals surface area contributed by atoms with E-state index in [1.54, 1.807) is 0 Å². The minimum absolute atomic E-state index is 0.107. The Morgan fingerprint density at radius 2 is 1.86 bits per heavy atom. The standard InChI is InChI=1S/C23H25N3O2/c1-26(2)19-9-7-15(8-10-19)23(28)25-22(17-12-20(27)13-17)18-11-16-5-3-4-6-21(16)24-14-18/h3-11,14,17,20,22,27H,12-13H2,1-2H3,(H,25,28). The van der Waals surface area contributed by atoms with Crippen molar-refractivity contribution in [1.29, 1.82) is 0 Å². The fourth-order valence-corrected chi connectivity index (χ4v) is 3.77. The largest absolute Gasteiger partial charge is 0.393 e. The highest BCUT2D eigenvalue weighted by Crippen LogP contribution is 2.38. The van der Waals surface area contributed by atoms with Crippen LogP contribution in [0.25, 0.3) is 10.9 Å². The highest BCUT2D eigenvalue weighted by molar-refractivity contribution is 5.95. The Hall–Kier alpha value is -2.92. The molecular formula is C23H25N3O2. The summed E-state index contributed by atoms with van der Waals surface area (Å²) in [4.78, 5) is 19.4. The van der Waals surface area contributed by atoms with E-state index in [0.717, 1.165) is 22.2 Å². The zero-order valence-corrected chi connectivity index (χ0v) is 16.2. The van der Waals surface area contributed by atoms with Crippen molar-refractivity contribution in [1.82, 2.24) is 10.3 Å². The number of nitrogens with one attached hydrogen (secondary N) is 1. The summed E-state index contributed by atoms with van der Waals surface area (Å²) in [6.45, 7) is 0. The molecule has 0 bridgehead atoms. The molecule has 28 heavy (non-hydrogen) atoms. The van der Waals surface area contributed by atoms with Crippen molar-refractivity contribution in [2.75, 3.05) is 19.0 Å². The van der Waals surface area contributed by atoms with E-state index in [9.17, 15) is 9.90 Å². The molecule has 5 heteroatoms.